The molecule has 1 nitrogen and oxygen atoms in total. The molecule has 0 radical (unpaired) electrons. The van der Waals surface area contributed by atoms with Gasteiger partial charge in [0.2, 0.25) is 0 Å². The molecule has 0 bridgehead atoms. The van der Waals surface area contributed by atoms with Gasteiger partial charge in [0.1, 0.15) is 0 Å². The van der Waals surface area contributed by atoms with Crippen molar-refractivity contribution in [2.24, 2.45) is 0 Å². The van der Waals surface area contributed by atoms with Crippen LogP contribution >= 0.6 is 0 Å². The Kier molecular flexibility index (Phi) is 2.86. The summed E-state index contributed by atoms with van der Waals surface area (Å²) in [4.78, 5) is 2.59. The fraction of sp³-hybridized carbons (Fsp3) is 0.316. The molecule has 0 unspecified atom stereocenters. The predicted molar refractivity (Wildman–Crippen MR) is 85.1 cm³/mol. The van der Waals surface area contributed by atoms with Crippen molar-refractivity contribution in [3.05, 3.63) is 64.4 Å². The minimum absolute atomic E-state index is 1.16. The van der Waals surface area contributed by atoms with E-state index in [1.165, 1.54) is 44.3 Å². The highest BCUT2D eigenvalue weighted by atomic mass is 15.1. The molecule has 0 saturated heterocycles. The molecule has 1 aromatic rings. The lowest BCUT2D eigenvalue weighted by molar-refractivity contribution is 0.634. The number of rotatable bonds is 2. The first-order chi connectivity index (χ1) is 9.90. The molecule has 20 heavy (non-hydrogen) atoms. The number of hydrogen-bond donors (Lipinski definition) is 0. The molecule has 1 aliphatic carbocycles. The minimum atomic E-state index is 1.16. The molecular formula is C19H19N. The Bertz CT molecular complexity index is 638. The summed E-state index contributed by atoms with van der Waals surface area (Å²) in [6.07, 6.45) is 15.6. The third kappa shape index (κ3) is 2.05. The van der Waals surface area contributed by atoms with Crippen LogP contribution in [0.5, 0.6) is 0 Å². The Hall–Kier alpha value is -1.98. The summed E-state index contributed by atoms with van der Waals surface area (Å²) in [6, 6.07) is 4.77. The molecule has 0 amide bonds. The van der Waals surface area contributed by atoms with Crippen LogP contribution in [-0.2, 0) is 12.8 Å². The first kappa shape index (κ1) is 11.8. The molecule has 0 aromatic heterocycles. The van der Waals surface area contributed by atoms with E-state index in [4.69, 9.17) is 0 Å². The highest BCUT2D eigenvalue weighted by molar-refractivity contribution is 5.68. The standard InChI is InChI=1S/C19H19N/c1-2-6-15(5-1)9-10-16-13-17-7-3-11-20-12-4-8-18(14-16)19(17)20/h1-2,5,9-10,13-14H,3-4,7-8,11-12H2/b10-9+. The monoisotopic (exact) mass is 261 g/mol. The summed E-state index contributed by atoms with van der Waals surface area (Å²) in [6.45, 7) is 2.50. The van der Waals surface area contributed by atoms with Crippen molar-refractivity contribution in [1.82, 2.24) is 0 Å². The van der Waals surface area contributed by atoms with Crippen molar-refractivity contribution >= 4 is 11.8 Å². The van der Waals surface area contributed by atoms with Crippen LogP contribution in [0.15, 0.2) is 47.7 Å². The van der Waals surface area contributed by atoms with E-state index in [-0.39, 0.29) is 0 Å². The van der Waals surface area contributed by atoms with Gasteiger partial charge in [-0.1, -0.05) is 12.2 Å². The lowest BCUT2D eigenvalue weighted by atomic mass is 9.90. The molecule has 0 N–H and O–H groups in total. The van der Waals surface area contributed by atoms with Gasteiger partial charge in [-0.25, -0.2) is 0 Å². The molecule has 2 aliphatic heterocycles. The normalized spacial score (nSPS) is 19.6. The molecule has 2 heterocycles. The quantitative estimate of drug-likeness (QED) is 0.726. The maximum absolute atomic E-state index is 3.22. The Morgan fingerprint density at radius 3 is 2.40 bits per heavy atom. The Morgan fingerprint density at radius 1 is 1.00 bits per heavy atom. The molecule has 1 aromatic carbocycles. The summed E-state index contributed by atoms with van der Waals surface area (Å²) >= 11 is 0. The zero-order chi connectivity index (χ0) is 13.4. The van der Waals surface area contributed by atoms with Gasteiger partial charge >= 0.3 is 0 Å². The van der Waals surface area contributed by atoms with Gasteiger partial charge in [-0.3, -0.25) is 0 Å². The van der Waals surface area contributed by atoms with E-state index >= 15 is 0 Å². The fourth-order valence-electron chi connectivity index (χ4n) is 3.56. The number of anilines is 1. The summed E-state index contributed by atoms with van der Waals surface area (Å²) in [7, 11) is 0. The SMILES string of the molecule is C1=CC=CC=1/C=C/c1cc2c3c(c1)CCCN3CCC2. The van der Waals surface area contributed by atoms with Gasteiger partial charge in [-0.15, -0.1) is 5.73 Å². The van der Waals surface area contributed by atoms with Crippen LogP contribution < -0.4 is 4.90 Å². The summed E-state index contributed by atoms with van der Waals surface area (Å²) in [5, 5.41) is 0. The van der Waals surface area contributed by atoms with Crippen molar-refractivity contribution in [1.29, 1.82) is 0 Å². The molecule has 100 valence electrons. The lowest BCUT2D eigenvalue weighted by Crippen LogP contribution is -2.34. The van der Waals surface area contributed by atoms with Gasteiger partial charge in [0.15, 0.2) is 0 Å². The van der Waals surface area contributed by atoms with E-state index in [0.29, 0.717) is 0 Å². The van der Waals surface area contributed by atoms with Gasteiger partial charge in [0.05, 0.1) is 0 Å². The van der Waals surface area contributed by atoms with Crippen LogP contribution in [0.2, 0.25) is 0 Å². The molecular weight excluding hydrogens is 242 g/mol. The highest BCUT2D eigenvalue weighted by Gasteiger charge is 2.23. The molecule has 0 spiro atoms. The maximum Gasteiger partial charge on any atom is 0.0431 e. The van der Waals surface area contributed by atoms with Gasteiger partial charge in [0, 0.05) is 24.4 Å². The average molecular weight is 261 g/mol. The van der Waals surface area contributed by atoms with Crippen LogP contribution in [0.25, 0.3) is 6.08 Å². The predicted octanol–water partition coefficient (Wildman–Crippen LogP) is 4.05. The third-order valence-electron chi connectivity index (χ3n) is 4.43. The van der Waals surface area contributed by atoms with E-state index in [1.54, 1.807) is 16.8 Å². The second-order valence-corrected chi connectivity index (χ2v) is 5.84. The third-order valence-corrected chi connectivity index (χ3v) is 4.43. The van der Waals surface area contributed by atoms with Crippen LogP contribution in [0, 0.1) is 0 Å². The zero-order valence-electron chi connectivity index (χ0n) is 11.7. The Morgan fingerprint density at radius 2 is 1.75 bits per heavy atom. The van der Waals surface area contributed by atoms with Crippen LogP contribution in [-0.4, -0.2) is 13.1 Å². The van der Waals surface area contributed by atoms with Gasteiger partial charge < -0.3 is 4.90 Å². The lowest BCUT2D eigenvalue weighted by Gasteiger charge is -2.37. The maximum atomic E-state index is 3.22. The van der Waals surface area contributed by atoms with Crippen molar-refractivity contribution in [2.75, 3.05) is 18.0 Å². The Labute approximate surface area is 120 Å². The highest BCUT2D eigenvalue weighted by Crippen LogP contribution is 2.36. The van der Waals surface area contributed by atoms with Gasteiger partial charge in [0.25, 0.3) is 0 Å². The van der Waals surface area contributed by atoms with E-state index in [0.717, 1.165) is 5.57 Å². The summed E-state index contributed by atoms with van der Waals surface area (Å²) in [5.74, 6) is 0. The van der Waals surface area contributed by atoms with Gasteiger partial charge in [-0.05, 0) is 72.7 Å². The summed E-state index contributed by atoms with van der Waals surface area (Å²) < 4.78 is 0. The van der Waals surface area contributed by atoms with Crippen LogP contribution in [0.1, 0.15) is 29.5 Å². The average Bonchev–Trinajstić information content (AvgIpc) is 2.99. The van der Waals surface area contributed by atoms with E-state index < -0.39 is 0 Å². The van der Waals surface area contributed by atoms with Crippen molar-refractivity contribution in [3.63, 3.8) is 0 Å². The molecule has 1 heteroatoms. The van der Waals surface area contributed by atoms with Crippen LogP contribution in [0.3, 0.4) is 0 Å². The zero-order valence-corrected chi connectivity index (χ0v) is 11.7. The second-order valence-electron chi connectivity index (χ2n) is 5.84. The molecule has 0 fully saturated rings. The first-order valence-corrected chi connectivity index (χ1v) is 7.62. The van der Waals surface area contributed by atoms with E-state index in [1.807, 2.05) is 12.2 Å². The topological polar surface area (TPSA) is 3.24 Å². The largest absolute Gasteiger partial charge is 0.371 e. The van der Waals surface area contributed by atoms with Crippen molar-refractivity contribution in [2.45, 2.75) is 25.7 Å². The fourth-order valence-corrected chi connectivity index (χ4v) is 3.56. The Balaban J connectivity index is 1.72. The smallest absolute Gasteiger partial charge is 0.0431 e. The van der Waals surface area contributed by atoms with Gasteiger partial charge in [-0.2, -0.15) is 0 Å². The van der Waals surface area contributed by atoms with E-state index in [2.05, 4.69) is 41.0 Å². The number of nitrogens with zero attached hydrogens (tertiary/aromatic N) is 1. The molecule has 0 saturated carbocycles. The number of allylic oxidation sites excluding steroid dienone is 4. The molecule has 3 aliphatic rings. The summed E-state index contributed by atoms with van der Waals surface area (Å²) in [5.41, 5.74) is 10.4. The van der Waals surface area contributed by atoms with Crippen molar-refractivity contribution < 1.29 is 0 Å². The second kappa shape index (κ2) is 4.85. The number of benzene rings is 1. The van der Waals surface area contributed by atoms with Crippen molar-refractivity contribution in [3.8, 4) is 0 Å². The molecule has 0 atom stereocenters. The minimum Gasteiger partial charge on any atom is -0.371 e. The van der Waals surface area contributed by atoms with E-state index in [9.17, 15) is 0 Å². The first-order valence-electron chi connectivity index (χ1n) is 7.62. The molecule has 4 rings (SSSR count). The number of hydrogen-bond acceptors (Lipinski definition) is 1. The van der Waals surface area contributed by atoms with Crippen LogP contribution in [0.4, 0.5) is 5.69 Å². The number of aryl methyl sites for hydroxylation is 2.